The van der Waals surface area contributed by atoms with E-state index in [1.807, 2.05) is 18.7 Å². The van der Waals surface area contributed by atoms with Gasteiger partial charge in [-0.1, -0.05) is 40.3 Å². The smallest absolute Gasteiger partial charge is 0.248 e. The quantitative estimate of drug-likeness (QED) is 0.170. The first-order valence-electron chi connectivity index (χ1n) is 12.4. The number of halogens is 2. The molecule has 1 aliphatic heterocycles. The van der Waals surface area contributed by atoms with E-state index in [9.17, 15) is 13.6 Å². The zero-order valence-electron chi connectivity index (χ0n) is 22.1. The number of nitrogens with one attached hydrogen (secondary N) is 3. The largest absolute Gasteiger partial charge is 0.370 e. The number of morpholine rings is 1. The van der Waals surface area contributed by atoms with Gasteiger partial charge in [-0.3, -0.25) is 10.2 Å². The van der Waals surface area contributed by atoms with E-state index in [0.29, 0.717) is 48.4 Å². The van der Waals surface area contributed by atoms with Crippen LogP contribution in [0.25, 0.3) is 0 Å². The van der Waals surface area contributed by atoms with Crippen LogP contribution >= 0.6 is 11.8 Å². The van der Waals surface area contributed by atoms with Crippen LogP contribution in [0.4, 0.5) is 20.5 Å². The first kappa shape index (κ1) is 30.4. The summed E-state index contributed by atoms with van der Waals surface area (Å²) >= 11 is 1.40. The highest BCUT2D eigenvalue weighted by molar-refractivity contribution is 8.14. The summed E-state index contributed by atoms with van der Waals surface area (Å²) in [5.74, 6) is -0.777. The molecule has 0 aromatic carbocycles. The summed E-state index contributed by atoms with van der Waals surface area (Å²) in [6.07, 6.45) is 2.62. The second-order valence-electron chi connectivity index (χ2n) is 9.02. The predicted molar refractivity (Wildman–Crippen MR) is 148 cm³/mol. The summed E-state index contributed by atoms with van der Waals surface area (Å²) in [4.78, 5) is 22.9. The lowest BCUT2D eigenvalue weighted by Crippen LogP contribution is -2.44. The Morgan fingerprint density at radius 2 is 2.05 bits per heavy atom. The second-order valence-corrected chi connectivity index (χ2v) is 10.6. The average molecular weight is 537 g/mol. The van der Waals surface area contributed by atoms with Crippen LogP contribution in [-0.2, 0) is 9.53 Å². The molecule has 1 atom stereocenters. The molecule has 2 rings (SSSR count). The fourth-order valence-electron chi connectivity index (χ4n) is 3.82. The number of carbonyl (C=O) groups is 1. The Labute approximate surface area is 222 Å². The molecule has 0 spiro atoms. The van der Waals surface area contributed by atoms with Crippen molar-refractivity contribution in [1.82, 2.24) is 14.9 Å². The number of hydrogen-bond donors (Lipinski definition) is 3. The number of allylic oxidation sites excluding steroid dienone is 2. The summed E-state index contributed by atoms with van der Waals surface area (Å²) in [5.41, 5.74) is 0.892. The lowest BCUT2D eigenvalue weighted by molar-refractivity contribution is -0.143. The number of rotatable bonds is 14. The molecule has 1 aromatic heterocycles. The van der Waals surface area contributed by atoms with Crippen molar-refractivity contribution < 1.29 is 18.3 Å². The first-order valence-corrected chi connectivity index (χ1v) is 13.3. The van der Waals surface area contributed by atoms with E-state index in [-0.39, 0.29) is 41.7 Å². The van der Waals surface area contributed by atoms with E-state index in [4.69, 9.17) is 10.1 Å². The van der Waals surface area contributed by atoms with Crippen LogP contribution in [0.3, 0.4) is 0 Å². The Balaban J connectivity index is 2.21. The third-order valence-electron chi connectivity index (χ3n) is 5.87. The molecule has 0 radical (unpaired) electrons. The summed E-state index contributed by atoms with van der Waals surface area (Å²) < 4.78 is 32.9. The zero-order valence-corrected chi connectivity index (χ0v) is 22.9. The molecule has 0 aliphatic carbocycles. The van der Waals surface area contributed by atoms with Crippen molar-refractivity contribution in [1.29, 1.82) is 5.41 Å². The zero-order chi connectivity index (χ0) is 27.5. The molecule has 3 N–H and O–H groups in total. The van der Waals surface area contributed by atoms with E-state index in [0.717, 1.165) is 18.9 Å². The minimum atomic E-state index is -0.906. The van der Waals surface area contributed by atoms with Gasteiger partial charge in [-0.25, -0.2) is 13.8 Å². The van der Waals surface area contributed by atoms with Crippen LogP contribution in [0.5, 0.6) is 0 Å². The van der Waals surface area contributed by atoms with E-state index in [1.165, 1.54) is 11.8 Å². The highest BCUT2D eigenvalue weighted by Gasteiger charge is 2.22. The third-order valence-corrected chi connectivity index (χ3v) is 6.78. The molecule has 0 bridgehead atoms. The topological polar surface area (TPSA) is 103 Å². The molecule has 1 fully saturated rings. The van der Waals surface area contributed by atoms with E-state index in [2.05, 4.69) is 40.7 Å². The molecule has 2 heterocycles. The molecule has 0 saturated carbocycles. The molecule has 8 nitrogen and oxygen atoms in total. The van der Waals surface area contributed by atoms with Gasteiger partial charge in [0.05, 0.1) is 17.9 Å². The predicted octanol–water partition coefficient (Wildman–Crippen LogP) is 5.24. The van der Waals surface area contributed by atoms with E-state index < -0.39 is 11.7 Å². The Hall–Kier alpha value is -2.79. The van der Waals surface area contributed by atoms with Gasteiger partial charge in [0.2, 0.25) is 11.9 Å². The van der Waals surface area contributed by atoms with Gasteiger partial charge >= 0.3 is 0 Å². The van der Waals surface area contributed by atoms with Crippen molar-refractivity contribution in [2.45, 2.75) is 45.8 Å². The van der Waals surface area contributed by atoms with Gasteiger partial charge in [0, 0.05) is 37.0 Å². The molecule has 37 heavy (non-hydrogen) atoms. The van der Waals surface area contributed by atoms with Crippen molar-refractivity contribution in [3.8, 4) is 0 Å². The number of nitrogens with zero attached hydrogens (tertiary/aromatic N) is 3. The van der Waals surface area contributed by atoms with Crippen molar-refractivity contribution in [3.63, 3.8) is 0 Å². The van der Waals surface area contributed by atoms with Gasteiger partial charge in [0.1, 0.15) is 29.1 Å². The number of thioether (sulfide) groups is 1. The Kier molecular flexibility index (Phi) is 12.2. The Bertz CT molecular complexity index is 1030. The first-order chi connectivity index (χ1) is 17.6. The molecule has 11 heteroatoms. The highest BCUT2D eigenvalue weighted by Crippen LogP contribution is 2.27. The molecule has 204 valence electrons. The molecule has 1 aliphatic rings. The normalized spacial score (nSPS) is 15.3. The Morgan fingerprint density at radius 3 is 2.65 bits per heavy atom. The number of carbonyl (C=O) groups excluding carboxylic acids is 1. The van der Waals surface area contributed by atoms with Crippen molar-refractivity contribution in [3.05, 3.63) is 47.7 Å². The van der Waals surface area contributed by atoms with Crippen molar-refractivity contribution >= 4 is 34.5 Å². The highest BCUT2D eigenvalue weighted by atomic mass is 32.2. The maximum absolute atomic E-state index is 14.0. The summed E-state index contributed by atoms with van der Waals surface area (Å²) in [6.45, 7) is 16.7. The molecular formula is C26H38F2N6O2S. The van der Waals surface area contributed by atoms with Crippen LogP contribution in [-0.4, -0.2) is 70.5 Å². The Morgan fingerprint density at radius 1 is 1.32 bits per heavy atom. The summed E-state index contributed by atoms with van der Waals surface area (Å²) in [6, 6.07) is 0. The van der Waals surface area contributed by atoms with Crippen LogP contribution in [0, 0.1) is 18.3 Å². The fraction of sp³-hybridized carbons (Fsp3) is 0.538. The number of amides is 1. The number of ether oxygens (including phenoxy) is 1. The fourth-order valence-corrected chi connectivity index (χ4v) is 4.65. The van der Waals surface area contributed by atoms with Crippen molar-refractivity contribution in [2.24, 2.45) is 5.92 Å². The van der Waals surface area contributed by atoms with E-state index >= 15 is 0 Å². The summed E-state index contributed by atoms with van der Waals surface area (Å²) in [5, 5.41) is 15.3. The van der Waals surface area contributed by atoms with Gasteiger partial charge in [-0.15, -0.1) is 11.8 Å². The van der Waals surface area contributed by atoms with Crippen LogP contribution in [0.1, 0.15) is 44.9 Å². The third kappa shape index (κ3) is 9.23. The minimum Gasteiger partial charge on any atom is -0.370 e. The number of aryl methyl sites for hydroxylation is 1. The van der Waals surface area contributed by atoms with Gasteiger partial charge in [-0.2, -0.15) is 4.98 Å². The van der Waals surface area contributed by atoms with Crippen LogP contribution in [0.2, 0.25) is 0 Å². The maximum Gasteiger partial charge on any atom is 0.248 e. The maximum atomic E-state index is 14.0. The average Bonchev–Trinajstić information content (AvgIpc) is 2.83. The van der Waals surface area contributed by atoms with Gasteiger partial charge in [0.25, 0.3) is 0 Å². The van der Waals surface area contributed by atoms with Gasteiger partial charge in [0.15, 0.2) is 0 Å². The van der Waals surface area contributed by atoms with Crippen LogP contribution < -0.4 is 10.6 Å². The number of aromatic nitrogens is 2. The minimum absolute atomic E-state index is 0.0125. The molecule has 1 amide bonds. The van der Waals surface area contributed by atoms with Crippen LogP contribution in [0.15, 0.2) is 36.5 Å². The second kappa shape index (κ2) is 14.8. The number of hydrogen-bond acceptors (Lipinski definition) is 8. The lowest BCUT2D eigenvalue weighted by Gasteiger charge is -2.30. The molecular weight excluding hydrogens is 498 g/mol. The molecule has 1 aromatic rings. The molecule has 1 unspecified atom stereocenters. The standard InChI is InChI=1S/C26H38F2N6O2S/c1-7-19(14-34-11-12-36-15-22(34)35)9-10-30-25-23(24(29)37-16(3)4)18(6)32-26(33-25)31-13-20(17(5)27)21(28)8-2/h8,16,19,29H,2,5,7,9-15H2,1,3-4,6H3,(H2,30,31,32,33)/b21-20+,29-24?. The number of anilines is 2. The molecule has 1 saturated heterocycles. The van der Waals surface area contributed by atoms with Crippen molar-refractivity contribution in [2.75, 3.05) is 50.0 Å². The SMILES string of the molecule is C=C/C(F)=C(/CNc1nc(C)c(C(=N)SC(C)C)c(NCCC(CC)CN2CCOCC2=O)n1)C(=C)F. The van der Waals surface area contributed by atoms with Gasteiger partial charge < -0.3 is 20.3 Å². The monoisotopic (exact) mass is 536 g/mol. The summed E-state index contributed by atoms with van der Waals surface area (Å²) in [7, 11) is 0. The van der Waals surface area contributed by atoms with Gasteiger partial charge in [-0.05, 0) is 25.3 Å². The lowest BCUT2D eigenvalue weighted by atomic mass is 10.0. The van der Waals surface area contributed by atoms with E-state index in [1.54, 1.807) is 6.92 Å².